The van der Waals surface area contributed by atoms with Gasteiger partial charge in [-0.25, -0.2) is 0 Å². The Morgan fingerprint density at radius 2 is 1.93 bits per heavy atom. The minimum absolute atomic E-state index is 0.0173. The van der Waals surface area contributed by atoms with Gasteiger partial charge in [0.05, 0.1) is 0 Å². The third-order valence-electron chi connectivity index (χ3n) is 5.69. The van der Waals surface area contributed by atoms with Gasteiger partial charge in [0, 0.05) is 31.7 Å². The molecule has 154 valence electrons. The van der Waals surface area contributed by atoms with Crippen molar-refractivity contribution in [3.05, 3.63) is 32.7 Å². The first-order chi connectivity index (χ1) is 13.3. The van der Waals surface area contributed by atoms with E-state index in [0.29, 0.717) is 24.9 Å². The molecule has 2 heterocycles. The zero-order valence-corrected chi connectivity index (χ0v) is 17.7. The van der Waals surface area contributed by atoms with Crippen LogP contribution in [0.15, 0.2) is 4.79 Å². The Morgan fingerprint density at radius 3 is 2.57 bits per heavy atom. The van der Waals surface area contributed by atoms with E-state index >= 15 is 0 Å². The van der Waals surface area contributed by atoms with Crippen molar-refractivity contribution in [2.24, 2.45) is 11.8 Å². The van der Waals surface area contributed by atoms with Crippen LogP contribution in [0.25, 0.3) is 0 Å². The summed E-state index contributed by atoms with van der Waals surface area (Å²) in [5.41, 5.74) is 2.09. The summed E-state index contributed by atoms with van der Waals surface area (Å²) >= 11 is 0. The SMILES string of the molecule is Cc1[nH]c(=O)c(C#N)c(C)c1CCC(=O)NCCCCN1CC(C)CC(C)C1. The molecule has 0 bridgehead atoms. The molecule has 1 amide bonds. The summed E-state index contributed by atoms with van der Waals surface area (Å²) in [6.07, 6.45) is 4.30. The maximum Gasteiger partial charge on any atom is 0.266 e. The molecule has 0 saturated carbocycles. The molecule has 0 spiro atoms. The van der Waals surface area contributed by atoms with Gasteiger partial charge >= 0.3 is 0 Å². The molecule has 1 saturated heterocycles. The van der Waals surface area contributed by atoms with Crippen LogP contribution in [0.3, 0.4) is 0 Å². The van der Waals surface area contributed by atoms with E-state index in [1.807, 2.05) is 13.0 Å². The van der Waals surface area contributed by atoms with Crippen LogP contribution in [0.2, 0.25) is 0 Å². The number of unbranched alkanes of at least 4 members (excludes halogenated alkanes) is 1. The molecule has 1 aliphatic rings. The lowest BCUT2D eigenvalue weighted by Gasteiger charge is -2.34. The fourth-order valence-corrected chi connectivity index (χ4v) is 4.41. The van der Waals surface area contributed by atoms with Gasteiger partial charge in [-0.1, -0.05) is 13.8 Å². The molecule has 2 unspecified atom stereocenters. The summed E-state index contributed by atoms with van der Waals surface area (Å²) in [4.78, 5) is 29.2. The van der Waals surface area contributed by atoms with E-state index in [2.05, 4.69) is 29.0 Å². The van der Waals surface area contributed by atoms with E-state index in [1.165, 1.54) is 19.5 Å². The largest absolute Gasteiger partial charge is 0.356 e. The van der Waals surface area contributed by atoms with Crippen LogP contribution in [0, 0.1) is 37.0 Å². The smallest absolute Gasteiger partial charge is 0.266 e. The number of nitrogens with one attached hydrogen (secondary N) is 2. The maximum atomic E-state index is 12.2. The number of nitrogens with zero attached hydrogens (tertiary/aromatic N) is 2. The average Bonchev–Trinajstić information content (AvgIpc) is 2.60. The topological polar surface area (TPSA) is 89.0 Å². The summed E-state index contributed by atoms with van der Waals surface area (Å²) in [5, 5.41) is 12.1. The molecule has 0 aromatic carbocycles. The Kier molecular flexibility index (Phi) is 8.25. The number of amides is 1. The van der Waals surface area contributed by atoms with Gasteiger partial charge in [-0.2, -0.15) is 5.26 Å². The number of aromatic amines is 1. The fraction of sp³-hybridized carbons (Fsp3) is 0.682. The number of carbonyl (C=O) groups is 1. The second-order valence-corrected chi connectivity index (χ2v) is 8.43. The van der Waals surface area contributed by atoms with Crippen LogP contribution in [0.4, 0.5) is 0 Å². The first-order valence-corrected chi connectivity index (χ1v) is 10.4. The molecule has 1 aromatic heterocycles. The third-order valence-corrected chi connectivity index (χ3v) is 5.69. The molecule has 6 heteroatoms. The number of pyridine rings is 1. The Hall–Kier alpha value is -2.13. The number of aryl methyl sites for hydroxylation is 1. The zero-order chi connectivity index (χ0) is 20.7. The molecule has 2 rings (SSSR count). The summed E-state index contributed by atoms with van der Waals surface area (Å²) in [5.74, 6) is 1.58. The standard InChI is InChI=1S/C22H34N4O2/c1-15-11-16(2)14-26(13-15)10-6-5-9-24-21(27)8-7-19-17(3)20(12-23)22(28)25-18(19)4/h15-16H,5-11,13-14H2,1-4H3,(H,24,27)(H,25,28). The lowest BCUT2D eigenvalue weighted by atomic mass is 9.92. The van der Waals surface area contributed by atoms with Gasteiger partial charge in [-0.15, -0.1) is 0 Å². The number of likely N-dealkylation sites (tertiary alicyclic amines) is 1. The maximum absolute atomic E-state index is 12.2. The van der Waals surface area contributed by atoms with Gasteiger partial charge in [-0.3, -0.25) is 9.59 Å². The van der Waals surface area contributed by atoms with Crippen molar-refractivity contribution in [3.8, 4) is 6.07 Å². The molecule has 0 aliphatic carbocycles. The average molecular weight is 387 g/mol. The molecule has 1 aliphatic heterocycles. The van der Waals surface area contributed by atoms with Crippen LogP contribution in [-0.4, -0.2) is 42.0 Å². The van der Waals surface area contributed by atoms with Crippen LogP contribution in [0.5, 0.6) is 0 Å². The summed E-state index contributed by atoms with van der Waals surface area (Å²) in [7, 11) is 0. The minimum Gasteiger partial charge on any atom is -0.356 e. The van der Waals surface area contributed by atoms with Gasteiger partial charge in [0.2, 0.25) is 5.91 Å². The highest BCUT2D eigenvalue weighted by Crippen LogP contribution is 2.21. The van der Waals surface area contributed by atoms with E-state index in [9.17, 15) is 9.59 Å². The lowest BCUT2D eigenvalue weighted by molar-refractivity contribution is -0.121. The Bertz CT molecular complexity index is 768. The number of hydrogen-bond acceptors (Lipinski definition) is 4. The van der Waals surface area contributed by atoms with Gasteiger partial charge in [0.25, 0.3) is 5.56 Å². The van der Waals surface area contributed by atoms with Gasteiger partial charge < -0.3 is 15.2 Å². The van der Waals surface area contributed by atoms with E-state index in [-0.39, 0.29) is 17.0 Å². The number of piperidine rings is 1. The van der Waals surface area contributed by atoms with Crippen molar-refractivity contribution >= 4 is 5.91 Å². The van der Waals surface area contributed by atoms with Crippen LogP contribution < -0.4 is 10.9 Å². The molecule has 2 N–H and O–H groups in total. The fourth-order valence-electron chi connectivity index (χ4n) is 4.41. The van der Waals surface area contributed by atoms with E-state index < -0.39 is 0 Å². The number of rotatable bonds is 8. The monoisotopic (exact) mass is 386 g/mol. The third kappa shape index (κ3) is 6.20. The van der Waals surface area contributed by atoms with Crippen molar-refractivity contribution in [1.82, 2.24) is 15.2 Å². The first kappa shape index (κ1) is 22.2. The molecule has 1 aromatic rings. The van der Waals surface area contributed by atoms with Crippen molar-refractivity contribution < 1.29 is 4.79 Å². The first-order valence-electron chi connectivity index (χ1n) is 10.4. The van der Waals surface area contributed by atoms with Gasteiger partial charge in [-0.05, 0) is 69.0 Å². The predicted octanol–water partition coefficient (Wildman–Crippen LogP) is 2.67. The van der Waals surface area contributed by atoms with E-state index in [0.717, 1.165) is 42.5 Å². The summed E-state index contributed by atoms with van der Waals surface area (Å²) < 4.78 is 0. The Labute approximate surface area is 168 Å². The number of aromatic nitrogens is 1. The van der Waals surface area contributed by atoms with Gasteiger partial charge in [0.1, 0.15) is 11.6 Å². The van der Waals surface area contributed by atoms with E-state index in [4.69, 9.17) is 5.26 Å². The highest BCUT2D eigenvalue weighted by atomic mass is 16.1. The van der Waals surface area contributed by atoms with Crippen molar-refractivity contribution in [1.29, 1.82) is 5.26 Å². The van der Waals surface area contributed by atoms with Crippen LogP contribution in [-0.2, 0) is 11.2 Å². The quantitative estimate of drug-likeness (QED) is 0.672. The Morgan fingerprint density at radius 1 is 1.25 bits per heavy atom. The summed E-state index contributed by atoms with van der Waals surface area (Å²) in [6.45, 7) is 12.4. The van der Waals surface area contributed by atoms with Crippen molar-refractivity contribution in [2.75, 3.05) is 26.2 Å². The molecule has 0 radical (unpaired) electrons. The summed E-state index contributed by atoms with van der Waals surface area (Å²) in [6, 6.07) is 1.95. The number of nitriles is 1. The number of hydrogen-bond donors (Lipinski definition) is 2. The molecule has 2 atom stereocenters. The van der Waals surface area contributed by atoms with Crippen LogP contribution >= 0.6 is 0 Å². The molecule has 28 heavy (non-hydrogen) atoms. The molecular formula is C22H34N4O2. The second-order valence-electron chi connectivity index (χ2n) is 8.43. The number of carbonyl (C=O) groups excluding carboxylic acids is 1. The van der Waals surface area contributed by atoms with Crippen LogP contribution in [0.1, 0.15) is 61.9 Å². The predicted molar refractivity (Wildman–Crippen MR) is 111 cm³/mol. The minimum atomic E-state index is -0.358. The molecule has 1 fully saturated rings. The highest BCUT2D eigenvalue weighted by molar-refractivity contribution is 5.76. The number of H-pyrrole nitrogens is 1. The lowest BCUT2D eigenvalue weighted by Crippen LogP contribution is -2.39. The second kappa shape index (κ2) is 10.4. The van der Waals surface area contributed by atoms with E-state index in [1.54, 1.807) is 6.92 Å². The zero-order valence-electron chi connectivity index (χ0n) is 17.7. The Balaban J connectivity index is 1.70. The van der Waals surface area contributed by atoms with Crippen molar-refractivity contribution in [3.63, 3.8) is 0 Å². The molecular weight excluding hydrogens is 352 g/mol. The molecule has 6 nitrogen and oxygen atoms in total. The van der Waals surface area contributed by atoms with Gasteiger partial charge in [0.15, 0.2) is 0 Å². The highest BCUT2D eigenvalue weighted by Gasteiger charge is 2.21. The normalized spacial score (nSPS) is 20.0. The van der Waals surface area contributed by atoms with Crippen molar-refractivity contribution in [2.45, 2.75) is 59.8 Å².